The minimum Gasteiger partial charge on any atom is -0.492 e. The molecule has 0 saturated carbocycles. The second kappa shape index (κ2) is 8.93. The van der Waals surface area contributed by atoms with Crippen molar-refractivity contribution < 1.29 is 14.3 Å². The fourth-order valence-electron chi connectivity index (χ4n) is 2.45. The lowest BCUT2D eigenvalue weighted by Gasteiger charge is -2.13. The summed E-state index contributed by atoms with van der Waals surface area (Å²) in [6.45, 7) is 2.46. The van der Waals surface area contributed by atoms with Gasteiger partial charge in [0.1, 0.15) is 12.4 Å². The van der Waals surface area contributed by atoms with Gasteiger partial charge in [0.05, 0.1) is 11.4 Å². The maximum absolute atomic E-state index is 12.4. The molecule has 1 heterocycles. The fourth-order valence-corrected chi connectivity index (χ4v) is 3.46. The summed E-state index contributed by atoms with van der Waals surface area (Å²) in [6.07, 6.45) is 5.16. The van der Waals surface area contributed by atoms with Crippen LogP contribution in [0.15, 0.2) is 65.6 Å². The molecule has 1 fully saturated rings. The third-order valence-corrected chi connectivity index (χ3v) is 5.18. The highest BCUT2D eigenvalue weighted by Crippen LogP contribution is 2.30. The molecule has 0 bridgehead atoms. The summed E-state index contributed by atoms with van der Waals surface area (Å²) >= 11 is 7.02. The Hall–Kier alpha value is -2.50. The SMILES string of the molecule is Cc1ccc(OCCN2C(=O)S/C(=C\C=C\c3ccccc3Cl)C2=O)cc1. The Labute approximate surface area is 167 Å². The van der Waals surface area contributed by atoms with E-state index in [0.717, 1.165) is 22.9 Å². The molecule has 0 unspecified atom stereocenters. The number of nitrogens with zero attached hydrogens (tertiary/aromatic N) is 1. The second-order valence-electron chi connectivity index (χ2n) is 5.90. The molecule has 0 aliphatic carbocycles. The average molecular weight is 400 g/mol. The molecular weight excluding hydrogens is 382 g/mol. The molecule has 3 rings (SSSR count). The summed E-state index contributed by atoms with van der Waals surface area (Å²) in [6, 6.07) is 15.0. The van der Waals surface area contributed by atoms with Crippen molar-refractivity contribution in [2.75, 3.05) is 13.2 Å². The van der Waals surface area contributed by atoms with E-state index >= 15 is 0 Å². The molecule has 27 heavy (non-hydrogen) atoms. The molecule has 4 nitrogen and oxygen atoms in total. The summed E-state index contributed by atoms with van der Waals surface area (Å²) in [5.41, 5.74) is 1.99. The number of halogens is 1. The maximum atomic E-state index is 12.4. The van der Waals surface area contributed by atoms with Gasteiger partial charge in [0.15, 0.2) is 0 Å². The van der Waals surface area contributed by atoms with Gasteiger partial charge in [-0.3, -0.25) is 14.5 Å². The van der Waals surface area contributed by atoms with Crippen LogP contribution in [0.2, 0.25) is 5.02 Å². The Morgan fingerprint density at radius 3 is 2.59 bits per heavy atom. The van der Waals surface area contributed by atoms with Crippen molar-refractivity contribution in [3.8, 4) is 5.75 Å². The predicted octanol–water partition coefficient (Wildman–Crippen LogP) is 5.32. The first-order chi connectivity index (χ1) is 13.0. The molecule has 0 radical (unpaired) electrons. The van der Waals surface area contributed by atoms with Crippen molar-refractivity contribution >= 4 is 40.6 Å². The van der Waals surface area contributed by atoms with Gasteiger partial charge >= 0.3 is 0 Å². The third-order valence-electron chi connectivity index (χ3n) is 3.91. The number of allylic oxidation sites excluding steroid dienone is 2. The summed E-state index contributed by atoms with van der Waals surface area (Å²) < 4.78 is 5.60. The zero-order valence-electron chi connectivity index (χ0n) is 14.7. The third kappa shape index (κ3) is 5.02. The smallest absolute Gasteiger partial charge is 0.293 e. The normalized spacial score (nSPS) is 15.9. The van der Waals surface area contributed by atoms with Gasteiger partial charge < -0.3 is 4.74 Å². The van der Waals surface area contributed by atoms with E-state index in [1.54, 1.807) is 24.3 Å². The number of hydrogen-bond donors (Lipinski definition) is 0. The number of benzene rings is 2. The maximum Gasteiger partial charge on any atom is 0.293 e. The van der Waals surface area contributed by atoms with Gasteiger partial charge in [-0.2, -0.15) is 0 Å². The van der Waals surface area contributed by atoms with Crippen LogP contribution in [0.3, 0.4) is 0 Å². The van der Waals surface area contributed by atoms with Crippen molar-refractivity contribution in [3.63, 3.8) is 0 Å². The Morgan fingerprint density at radius 1 is 1.11 bits per heavy atom. The summed E-state index contributed by atoms with van der Waals surface area (Å²) in [7, 11) is 0. The fraction of sp³-hybridized carbons (Fsp3) is 0.143. The largest absolute Gasteiger partial charge is 0.492 e. The highest BCUT2D eigenvalue weighted by atomic mass is 35.5. The summed E-state index contributed by atoms with van der Waals surface area (Å²) in [5, 5.41) is 0.341. The van der Waals surface area contributed by atoms with Crippen LogP contribution in [0.1, 0.15) is 11.1 Å². The minimum absolute atomic E-state index is 0.212. The molecule has 1 aliphatic rings. The molecule has 2 amide bonds. The number of carbonyl (C=O) groups is 2. The first-order valence-electron chi connectivity index (χ1n) is 8.40. The zero-order chi connectivity index (χ0) is 19.2. The van der Waals surface area contributed by atoms with Gasteiger partial charge in [-0.05, 0) is 48.5 Å². The first-order valence-corrected chi connectivity index (χ1v) is 9.60. The van der Waals surface area contributed by atoms with Crippen molar-refractivity contribution in [2.24, 2.45) is 0 Å². The van der Waals surface area contributed by atoms with Crippen LogP contribution < -0.4 is 4.74 Å². The number of ether oxygens (including phenoxy) is 1. The van der Waals surface area contributed by atoms with E-state index in [2.05, 4.69) is 0 Å². The summed E-state index contributed by atoms with van der Waals surface area (Å²) in [5.74, 6) is 0.409. The molecular formula is C21H18ClNO3S. The Kier molecular flexibility index (Phi) is 6.37. The molecule has 2 aromatic carbocycles. The molecule has 0 N–H and O–H groups in total. The van der Waals surface area contributed by atoms with E-state index in [0.29, 0.717) is 15.7 Å². The van der Waals surface area contributed by atoms with Crippen LogP contribution in [0.5, 0.6) is 5.75 Å². The van der Waals surface area contributed by atoms with Gasteiger partial charge in [-0.25, -0.2) is 0 Å². The molecule has 0 aromatic heterocycles. The van der Waals surface area contributed by atoms with E-state index in [1.165, 1.54) is 4.90 Å². The van der Waals surface area contributed by atoms with Crippen LogP contribution in [0, 0.1) is 6.92 Å². The summed E-state index contributed by atoms with van der Waals surface area (Å²) in [4.78, 5) is 26.1. The van der Waals surface area contributed by atoms with Crippen molar-refractivity contribution in [3.05, 3.63) is 81.7 Å². The van der Waals surface area contributed by atoms with Crippen molar-refractivity contribution in [1.29, 1.82) is 0 Å². The molecule has 138 valence electrons. The highest BCUT2D eigenvalue weighted by Gasteiger charge is 2.34. The number of imide groups is 1. The lowest BCUT2D eigenvalue weighted by Crippen LogP contribution is -2.32. The predicted molar refractivity (Wildman–Crippen MR) is 110 cm³/mol. The van der Waals surface area contributed by atoms with Crippen LogP contribution in [0.4, 0.5) is 4.79 Å². The van der Waals surface area contributed by atoms with Crippen LogP contribution in [-0.4, -0.2) is 29.2 Å². The van der Waals surface area contributed by atoms with E-state index in [1.807, 2.05) is 49.4 Å². The molecule has 1 saturated heterocycles. The number of hydrogen-bond acceptors (Lipinski definition) is 4. The molecule has 6 heteroatoms. The average Bonchev–Trinajstić information content (AvgIpc) is 2.92. The molecule has 0 spiro atoms. The van der Waals surface area contributed by atoms with Gasteiger partial charge in [-0.1, -0.05) is 59.6 Å². The van der Waals surface area contributed by atoms with Crippen molar-refractivity contribution in [2.45, 2.75) is 6.92 Å². The topological polar surface area (TPSA) is 46.6 Å². The number of aryl methyl sites for hydroxylation is 1. The zero-order valence-corrected chi connectivity index (χ0v) is 16.3. The Bertz CT molecular complexity index is 906. The van der Waals surface area contributed by atoms with Crippen molar-refractivity contribution in [1.82, 2.24) is 4.90 Å². The van der Waals surface area contributed by atoms with Gasteiger partial charge in [0.25, 0.3) is 11.1 Å². The van der Waals surface area contributed by atoms with E-state index in [9.17, 15) is 9.59 Å². The number of amides is 2. The second-order valence-corrected chi connectivity index (χ2v) is 7.30. The van der Waals surface area contributed by atoms with E-state index in [-0.39, 0.29) is 24.3 Å². The first kappa shape index (κ1) is 19.3. The highest BCUT2D eigenvalue weighted by molar-refractivity contribution is 8.18. The van der Waals surface area contributed by atoms with Crippen LogP contribution in [0.25, 0.3) is 6.08 Å². The lowest BCUT2D eigenvalue weighted by molar-refractivity contribution is -0.123. The number of rotatable bonds is 6. The molecule has 0 atom stereocenters. The van der Waals surface area contributed by atoms with Gasteiger partial charge in [0.2, 0.25) is 0 Å². The van der Waals surface area contributed by atoms with Crippen LogP contribution in [-0.2, 0) is 4.79 Å². The van der Waals surface area contributed by atoms with Gasteiger partial charge in [0, 0.05) is 5.02 Å². The molecule has 1 aliphatic heterocycles. The number of thioether (sulfide) groups is 1. The standard InChI is InChI=1S/C21H18ClNO3S/c1-15-9-11-17(12-10-15)26-14-13-23-20(24)19(27-21(23)25)8-4-6-16-5-2-3-7-18(16)22/h2-12H,13-14H2,1H3/b6-4+,19-8-. The quantitative estimate of drug-likeness (QED) is 0.617. The van der Waals surface area contributed by atoms with E-state index < -0.39 is 0 Å². The van der Waals surface area contributed by atoms with Gasteiger partial charge in [-0.15, -0.1) is 0 Å². The molecule has 2 aromatic rings. The number of carbonyl (C=O) groups excluding carboxylic acids is 2. The van der Waals surface area contributed by atoms with Crippen LogP contribution >= 0.6 is 23.4 Å². The monoisotopic (exact) mass is 399 g/mol. The Morgan fingerprint density at radius 2 is 1.85 bits per heavy atom. The van der Waals surface area contributed by atoms with E-state index in [4.69, 9.17) is 16.3 Å². The minimum atomic E-state index is -0.304. The Balaban J connectivity index is 1.57. The lowest BCUT2D eigenvalue weighted by atomic mass is 10.2.